The van der Waals surface area contributed by atoms with Crippen molar-refractivity contribution in [3.8, 4) is 5.75 Å². The maximum Gasteiger partial charge on any atom is 0.145 e. The Balaban J connectivity index is 1.32. The van der Waals surface area contributed by atoms with Gasteiger partial charge in [0.25, 0.3) is 0 Å². The summed E-state index contributed by atoms with van der Waals surface area (Å²) in [6.07, 6.45) is 7.19. The van der Waals surface area contributed by atoms with Crippen LogP contribution in [-0.4, -0.2) is 49.3 Å². The number of aryl methyl sites for hydroxylation is 1. The number of rotatable bonds is 6. The van der Waals surface area contributed by atoms with Crippen LogP contribution in [0.15, 0.2) is 42.0 Å². The lowest BCUT2D eigenvalue weighted by atomic mass is 10.1. The zero-order valence-corrected chi connectivity index (χ0v) is 14.1. The summed E-state index contributed by atoms with van der Waals surface area (Å²) >= 11 is 0. The van der Waals surface area contributed by atoms with E-state index in [0.29, 0.717) is 11.8 Å². The van der Waals surface area contributed by atoms with Crippen molar-refractivity contribution in [2.24, 2.45) is 11.8 Å². The first-order valence-electron chi connectivity index (χ1n) is 8.75. The highest BCUT2D eigenvalue weighted by Gasteiger charge is 2.42. The molecule has 1 aliphatic heterocycles. The predicted molar refractivity (Wildman–Crippen MR) is 90.6 cm³/mol. The van der Waals surface area contributed by atoms with Crippen LogP contribution in [0.3, 0.4) is 0 Å². The molecule has 0 bridgehead atoms. The maximum atomic E-state index is 6.07. The zero-order valence-electron chi connectivity index (χ0n) is 14.1. The minimum atomic E-state index is 0.554. The highest BCUT2D eigenvalue weighted by Crippen LogP contribution is 2.49. The van der Waals surface area contributed by atoms with Gasteiger partial charge in [0.1, 0.15) is 23.9 Å². The number of pyridine rings is 1. The lowest BCUT2D eigenvalue weighted by molar-refractivity contribution is 0.0265. The molecule has 2 unspecified atom stereocenters. The van der Waals surface area contributed by atoms with Crippen molar-refractivity contribution in [3.63, 3.8) is 0 Å². The van der Waals surface area contributed by atoms with E-state index in [2.05, 4.69) is 16.0 Å². The molecular weight excluding hydrogens is 304 g/mol. The molecule has 0 N–H and O–H groups in total. The molecule has 0 amide bonds. The molecule has 128 valence electrons. The highest BCUT2D eigenvalue weighted by atomic mass is 16.5. The van der Waals surface area contributed by atoms with Crippen molar-refractivity contribution in [2.75, 3.05) is 39.5 Å². The lowest BCUT2D eigenvalue weighted by Crippen LogP contribution is -2.38. The fraction of sp³-hybridized carbons (Fsp3) is 0.526. The number of nitrogens with zero attached hydrogens (tertiary/aromatic N) is 2. The van der Waals surface area contributed by atoms with Crippen molar-refractivity contribution in [1.82, 2.24) is 9.88 Å². The van der Waals surface area contributed by atoms with Gasteiger partial charge < -0.3 is 14.2 Å². The fourth-order valence-corrected chi connectivity index (χ4v) is 3.21. The van der Waals surface area contributed by atoms with Gasteiger partial charge in [-0.1, -0.05) is 0 Å². The van der Waals surface area contributed by atoms with Gasteiger partial charge in [-0.2, -0.15) is 0 Å². The number of allylic oxidation sites excluding steroid dienone is 3. The summed E-state index contributed by atoms with van der Waals surface area (Å²) in [6.45, 7) is 7.33. The molecule has 0 radical (unpaired) electrons. The quantitative estimate of drug-likeness (QED) is 0.803. The van der Waals surface area contributed by atoms with E-state index >= 15 is 0 Å². The Hall–Kier alpha value is -1.85. The third-order valence-corrected chi connectivity index (χ3v) is 4.77. The molecule has 1 saturated heterocycles. The molecule has 2 heterocycles. The molecule has 24 heavy (non-hydrogen) atoms. The Morgan fingerprint density at radius 2 is 2.17 bits per heavy atom. The Kier molecular flexibility index (Phi) is 4.54. The number of aromatic nitrogens is 1. The Labute approximate surface area is 142 Å². The molecular formula is C19H24N2O3. The number of fused-ring (bicyclic) bond motifs is 1. The van der Waals surface area contributed by atoms with Crippen molar-refractivity contribution < 1.29 is 14.2 Å². The Bertz CT molecular complexity index is 633. The summed E-state index contributed by atoms with van der Waals surface area (Å²) in [7, 11) is 0. The molecule has 1 aromatic rings. The molecule has 0 spiro atoms. The van der Waals surface area contributed by atoms with Gasteiger partial charge in [-0.15, -0.1) is 0 Å². The third kappa shape index (κ3) is 3.79. The second-order valence-corrected chi connectivity index (χ2v) is 6.66. The monoisotopic (exact) mass is 328 g/mol. The van der Waals surface area contributed by atoms with Crippen LogP contribution in [0.2, 0.25) is 0 Å². The van der Waals surface area contributed by atoms with E-state index in [-0.39, 0.29) is 0 Å². The maximum absolute atomic E-state index is 6.07. The van der Waals surface area contributed by atoms with Gasteiger partial charge in [0.15, 0.2) is 0 Å². The third-order valence-electron chi connectivity index (χ3n) is 4.77. The Morgan fingerprint density at radius 3 is 2.96 bits per heavy atom. The van der Waals surface area contributed by atoms with E-state index in [1.807, 2.05) is 25.1 Å². The van der Waals surface area contributed by atoms with E-state index in [0.717, 1.165) is 62.4 Å². The fourth-order valence-electron chi connectivity index (χ4n) is 3.21. The predicted octanol–water partition coefficient (Wildman–Crippen LogP) is 2.54. The van der Waals surface area contributed by atoms with Crippen molar-refractivity contribution in [2.45, 2.75) is 13.3 Å². The highest BCUT2D eigenvalue weighted by molar-refractivity contribution is 5.34. The van der Waals surface area contributed by atoms with E-state index in [9.17, 15) is 0 Å². The van der Waals surface area contributed by atoms with E-state index in [1.54, 1.807) is 6.20 Å². The summed E-state index contributed by atoms with van der Waals surface area (Å²) in [6, 6.07) is 3.91. The van der Waals surface area contributed by atoms with Crippen molar-refractivity contribution >= 4 is 0 Å². The summed E-state index contributed by atoms with van der Waals surface area (Å²) in [5, 5.41) is 0. The molecule has 3 aliphatic rings. The standard InChI is InChI=1S/C19H24N2O3/c1-14-2-3-16(13-20-14)24-17-10-15-11-18(15)19(12-17)23-9-6-21-4-7-22-8-5-21/h2-3,10,12-13,15,18H,4-9,11H2,1H3. The van der Waals surface area contributed by atoms with Crippen LogP contribution in [0.25, 0.3) is 0 Å². The number of hydrogen-bond acceptors (Lipinski definition) is 5. The topological polar surface area (TPSA) is 43.8 Å². The van der Waals surface area contributed by atoms with Crippen molar-refractivity contribution in [1.29, 1.82) is 0 Å². The molecule has 2 fully saturated rings. The second-order valence-electron chi connectivity index (χ2n) is 6.66. The largest absolute Gasteiger partial charge is 0.496 e. The first kappa shape index (κ1) is 15.7. The molecule has 1 saturated carbocycles. The van der Waals surface area contributed by atoms with Crippen molar-refractivity contribution in [3.05, 3.63) is 47.7 Å². The average Bonchev–Trinajstić information content (AvgIpc) is 3.38. The molecule has 5 nitrogen and oxygen atoms in total. The van der Waals surface area contributed by atoms with E-state index in [1.165, 1.54) is 6.42 Å². The first-order chi connectivity index (χ1) is 11.8. The van der Waals surface area contributed by atoms with Crippen LogP contribution in [0, 0.1) is 18.8 Å². The summed E-state index contributed by atoms with van der Waals surface area (Å²) in [5.41, 5.74) is 0.991. The minimum absolute atomic E-state index is 0.554. The van der Waals surface area contributed by atoms with Gasteiger partial charge in [-0.3, -0.25) is 9.88 Å². The van der Waals surface area contributed by atoms with Gasteiger partial charge in [-0.25, -0.2) is 0 Å². The van der Waals surface area contributed by atoms with E-state index in [4.69, 9.17) is 14.2 Å². The summed E-state index contributed by atoms with van der Waals surface area (Å²) in [4.78, 5) is 6.67. The minimum Gasteiger partial charge on any atom is -0.496 e. The van der Waals surface area contributed by atoms with Crippen LogP contribution in [0.4, 0.5) is 0 Å². The second kappa shape index (κ2) is 6.95. The van der Waals surface area contributed by atoms with Gasteiger partial charge in [0.05, 0.1) is 19.4 Å². The van der Waals surface area contributed by atoms with Crippen LogP contribution >= 0.6 is 0 Å². The number of morpholine rings is 1. The average molecular weight is 328 g/mol. The van der Waals surface area contributed by atoms with Crippen LogP contribution in [0.5, 0.6) is 5.75 Å². The summed E-state index contributed by atoms with van der Waals surface area (Å²) < 4.78 is 17.4. The SMILES string of the molecule is Cc1ccc(OC2=CC3CC3C(OCCN3CCOCC3)=C2)cn1. The van der Waals surface area contributed by atoms with Crippen LogP contribution in [0.1, 0.15) is 12.1 Å². The van der Waals surface area contributed by atoms with Gasteiger partial charge in [0.2, 0.25) is 0 Å². The molecule has 2 aliphatic carbocycles. The first-order valence-corrected chi connectivity index (χ1v) is 8.75. The van der Waals surface area contributed by atoms with Gasteiger partial charge in [-0.05, 0) is 37.5 Å². The number of ether oxygens (including phenoxy) is 3. The normalized spacial score (nSPS) is 26.2. The number of hydrogen-bond donors (Lipinski definition) is 0. The molecule has 0 aromatic carbocycles. The smallest absolute Gasteiger partial charge is 0.145 e. The zero-order chi connectivity index (χ0) is 16.4. The lowest BCUT2D eigenvalue weighted by Gasteiger charge is -2.26. The van der Waals surface area contributed by atoms with Crippen LogP contribution < -0.4 is 4.74 Å². The molecule has 4 rings (SSSR count). The van der Waals surface area contributed by atoms with E-state index < -0.39 is 0 Å². The van der Waals surface area contributed by atoms with Gasteiger partial charge in [0, 0.05) is 37.3 Å². The Morgan fingerprint density at radius 1 is 1.29 bits per heavy atom. The molecule has 1 aromatic heterocycles. The molecule has 5 heteroatoms. The van der Waals surface area contributed by atoms with Crippen LogP contribution in [-0.2, 0) is 9.47 Å². The molecule has 2 atom stereocenters. The van der Waals surface area contributed by atoms with Gasteiger partial charge >= 0.3 is 0 Å². The summed E-state index contributed by atoms with van der Waals surface area (Å²) in [5.74, 6) is 3.85.